The van der Waals surface area contributed by atoms with Crippen LogP contribution in [0.3, 0.4) is 0 Å². The summed E-state index contributed by atoms with van der Waals surface area (Å²) >= 11 is 0. The predicted molar refractivity (Wildman–Crippen MR) is 64.6 cm³/mol. The van der Waals surface area contributed by atoms with Crippen molar-refractivity contribution >= 4 is 18.0 Å². The van der Waals surface area contributed by atoms with Crippen LogP contribution in [0.25, 0.3) is 6.08 Å². The molecule has 1 saturated carbocycles. The monoisotopic (exact) mass is 249 g/mol. The van der Waals surface area contributed by atoms with Crippen LogP contribution in [0.4, 0.5) is 0 Å². The fourth-order valence-corrected chi connectivity index (χ4v) is 2.07. The summed E-state index contributed by atoms with van der Waals surface area (Å²) in [5, 5.41) is 11.6. The second-order valence-corrected chi connectivity index (χ2v) is 4.50. The van der Waals surface area contributed by atoms with Crippen LogP contribution in [0.2, 0.25) is 0 Å². The Labute approximate surface area is 104 Å². The maximum atomic E-state index is 11.7. The minimum Gasteiger partial charge on any atom is -0.481 e. The molecule has 1 aromatic heterocycles. The van der Waals surface area contributed by atoms with Gasteiger partial charge in [-0.1, -0.05) is 0 Å². The quantitative estimate of drug-likeness (QED) is 0.677. The number of amides is 1. The van der Waals surface area contributed by atoms with Crippen LogP contribution in [-0.2, 0) is 9.59 Å². The highest BCUT2D eigenvalue weighted by Gasteiger charge is 2.39. The second kappa shape index (κ2) is 5.03. The summed E-state index contributed by atoms with van der Waals surface area (Å²) in [5.41, 5.74) is -0.559. The van der Waals surface area contributed by atoms with Gasteiger partial charge in [-0.3, -0.25) is 9.59 Å². The summed E-state index contributed by atoms with van der Waals surface area (Å²) < 4.78 is 0. The first-order valence-electron chi connectivity index (χ1n) is 5.81. The number of aliphatic carboxylic acids is 1. The van der Waals surface area contributed by atoms with E-state index in [2.05, 4.69) is 15.3 Å². The van der Waals surface area contributed by atoms with Gasteiger partial charge in [0.25, 0.3) is 0 Å². The highest BCUT2D eigenvalue weighted by Crippen LogP contribution is 2.34. The fraction of sp³-hybridized carbons (Fsp3) is 0.417. The minimum absolute atomic E-state index is 0.0205. The third-order valence-corrected chi connectivity index (χ3v) is 3.10. The number of nitrogens with zero attached hydrogens (tertiary/aromatic N) is 1. The number of carboxylic acid groups (broad SMARTS) is 1. The zero-order valence-electron chi connectivity index (χ0n) is 9.85. The average molecular weight is 249 g/mol. The third-order valence-electron chi connectivity index (χ3n) is 3.10. The largest absolute Gasteiger partial charge is 0.481 e. The molecule has 6 nitrogen and oxygen atoms in total. The van der Waals surface area contributed by atoms with Gasteiger partial charge in [-0.15, -0.1) is 0 Å². The van der Waals surface area contributed by atoms with E-state index in [1.807, 2.05) is 0 Å². The Morgan fingerprint density at radius 1 is 1.56 bits per heavy atom. The molecule has 1 aliphatic rings. The van der Waals surface area contributed by atoms with Crippen LogP contribution < -0.4 is 5.32 Å². The van der Waals surface area contributed by atoms with Gasteiger partial charge in [0.05, 0.1) is 12.0 Å². The van der Waals surface area contributed by atoms with Gasteiger partial charge in [-0.05, 0) is 25.3 Å². The molecular weight excluding hydrogens is 234 g/mol. The minimum atomic E-state index is -0.884. The third kappa shape index (κ3) is 2.97. The first-order chi connectivity index (χ1) is 8.60. The fourth-order valence-electron chi connectivity index (χ4n) is 2.07. The van der Waals surface area contributed by atoms with Gasteiger partial charge in [0.15, 0.2) is 0 Å². The number of carbonyl (C=O) groups excluding carboxylic acids is 1. The topological polar surface area (TPSA) is 95.1 Å². The first-order valence-corrected chi connectivity index (χ1v) is 5.81. The Hall–Kier alpha value is -2.11. The number of nitrogens with one attached hydrogen (secondary N) is 2. The Morgan fingerprint density at radius 2 is 2.33 bits per heavy atom. The summed E-state index contributed by atoms with van der Waals surface area (Å²) in [6.45, 7) is 0. The maximum Gasteiger partial charge on any atom is 0.305 e. The first kappa shape index (κ1) is 12.3. The molecule has 0 unspecified atom stereocenters. The Morgan fingerprint density at radius 3 is 2.83 bits per heavy atom. The van der Waals surface area contributed by atoms with Crippen LogP contribution >= 0.6 is 0 Å². The molecule has 18 heavy (non-hydrogen) atoms. The summed E-state index contributed by atoms with van der Waals surface area (Å²) in [6, 6.07) is 0. The molecular formula is C12H15N3O3. The van der Waals surface area contributed by atoms with Gasteiger partial charge in [0.2, 0.25) is 5.91 Å². The molecule has 0 aromatic carbocycles. The average Bonchev–Trinajstić information content (AvgIpc) is 2.75. The van der Waals surface area contributed by atoms with Crippen molar-refractivity contribution < 1.29 is 14.7 Å². The molecule has 96 valence electrons. The lowest BCUT2D eigenvalue weighted by Gasteiger charge is -2.41. The van der Waals surface area contributed by atoms with Crippen molar-refractivity contribution in [2.24, 2.45) is 0 Å². The lowest BCUT2D eigenvalue weighted by molar-refractivity contribution is -0.140. The van der Waals surface area contributed by atoms with Crippen molar-refractivity contribution in [2.75, 3.05) is 0 Å². The van der Waals surface area contributed by atoms with Crippen LogP contribution in [0.15, 0.2) is 18.5 Å². The Kier molecular flexibility index (Phi) is 3.45. The van der Waals surface area contributed by atoms with Crippen molar-refractivity contribution in [3.8, 4) is 0 Å². The predicted octanol–water partition coefficient (Wildman–Crippen LogP) is 0.936. The van der Waals surface area contributed by atoms with Gasteiger partial charge in [-0.25, -0.2) is 4.98 Å². The van der Waals surface area contributed by atoms with Crippen molar-refractivity contribution in [1.82, 2.24) is 15.3 Å². The highest BCUT2D eigenvalue weighted by atomic mass is 16.4. The highest BCUT2D eigenvalue weighted by molar-refractivity contribution is 5.92. The van der Waals surface area contributed by atoms with Crippen molar-refractivity contribution in [2.45, 2.75) is 31.2 Å². The van der Waals surface area contributed by atoms with E-state index >= 15 is 0 Å². The van der Waals surface area contributed by atoms with Crippen LogP contribution in [0.5, 0.6) is 0 Å². The van der Waals surface area contributed by atoms with Crippen LogP contribution in [-0.4, -0.2) is 32.5 Å². The number of hydrogen-bond acceptors (Lipinski definition) is 3. The normalized spacial score (nSPS) is 17.3. The molecule has 0 saturated heterocycles. The molecule has 1 amide bonds. The zero-order chi connectivity index (χ0) is 13.0. The van der Waals surface area contributed by atoms with E-state index in [1.165, 1.54) is 6.08 Å². The molecule has 0 spiro atoms. The van der Waals surface area contributed by atoms with Gasteiger partial charge in [-0.2, -0.15) is 0 Å². The smallest absolute Gasteiger partial charge is 0.305 e. The standard InChI is InChI=1S/C12H15N3O3/c16-10(3-2-9-13-6-7-14-9)15-12(4-1-5-12)8-11(17)18/h2-3,6-7H,1,4-5,8H2,(H,13,14)(H,15,16)(H,17,18). The number of aromatic amines is 1. The van der Waals surface area contributed by atoms with Gasteiger partial charge < -0.3 is 15.4 Å². The SMILES string of the molecule is O=C(O)CC1(NC(=O)C=Cc2ncc[nH]2)CCC1. The molecule has 0 atom stereocenters. The van der Waals surface area contributed by atoms with Crippen molar-refractivity contribution in [3.05, 3.63) is 24.3 Å². The molecule has 0 aliphatic heterocycles. The number of hydrogen-bond donors (Lipinski definition) is 3. The summed E-state index contributed by atoms with van der Waals surface area (Å²) in [6.07, 6.45) is 8.55. The molecule has 1 fully saturated rings. The zero-order valence-corrected chi connectivity index (χ0v) is 9.85. The van der Waals surface area contributed by atoms with E-state index in [0.29, 0.717) is 5.82 Å². The molecule has 1 aromatic rings. The van der Waals surface area contributed by atoms with Crippen molar-refractivity contribution in [1.29, 1.82) is 0 Å². The number of imidazole rings is 1. The molecule has 0 bridgehead atoms. The number of aromatic nitrogens is 2. The number of carbonyl (C=O) groups is 2. The molecule has 1 aliphatic carbocycles. The lowest BCUT2D eigenvalue weighted by Crippen LogP contribution is -2.54. The molecule has 0 radical (unpaired) electrons. The Bertz CT molecular complexity index is 461. The van der Waals surface area contributed by atoms with Crippen molar-refractivity contribution in [3.63, 3.8) is 0 Å². The van der Waals surface area contributed by atoms with Crippen LogP contribution in [0.1, 0.15) is 31.5 Å². The molecule has 2 rings (SSSR count). The number of H-pyrrole nitrogens is 1. The van der Waals surface area contributed by atoms with E-state index in [0.717, 1.165) is 19.3 Å². The number of carboxylic acids is 1. The van der Waals surface area contributed by atoms with E-state index in [9.17, 15) is 9.59 Å². The van der Waals surface area contributed by atoms with Gasteiger partial charge in [0.1, 0.15) is 5.82 Å². The number of rotatable bonds is 5. The van der Waals surface area contributed by atoms with E-state index in [-0.39, 0.29) is 12.3 Å². The molecule has 1 heterocycles. The van der Waals surface area contributed by atoms with E-state index < -0.39 is 11.5 Å². The summed E-state index contributed by atoms with van der Waals surface area (Å²) in [5.74, 6) is -0.580. The van der Waals surface area contributed by atoms with Gasteiger partial charge in [0, 0.05) is 18.5 Å². The lowest BCUT2D eigenvalue weighted by atomic mass is 9.74. The summed E-state index contributed by atoms with van der Waals surface area (Å²) in [7, 11) is 0. The van der Waals surface area contributed by atoms with Crippen LogP contribution in [0, 0.1) is 0 Å². The second-order valence-electron chi connectivity index (χ2n) is 4.50. The summed E-state index contributed by atoms with van der Waals surface area (Å²) in [4.78, 5) is 29.2. The van der Waals surface area contributed by atoms with Gasteiger partial charge >= 0.3 is 5.97 Å². The molecule has 3 N–H and O–H groups in total. The van der Waals surface area contributed by atoms with E-state index in [4.69, 9.17) is 5.11 Å². The maximum absolute atomic E-state index is 11.7. The van der Waals surface area contributed by atoms with E-state index in [1.54, 1.807) is 18.5 Å². The Balaban J connectivity index is 1.92. The molecule has 6 heteroatoms.